The van der Waals surface area contributed by atoms with Gasteiger partial charge in [0.05, 0.1) is 6.61 Å². The van der Waals surface area contributed by atoms with Crippen LogP contribution in [0.15, 0.2) is 24.5 Å². The number of fused-ring (bicyclic) bond motifs is 2. The molecule has 1 amide bonds. The molecule has 2 atom stereocenters. The van der Waals surface area contributed by atoms with E-state index in [0.717, 1.165) is 51.9 Å². The average Bonchev–Trinajstić information content (AvgIpc) is 2.93. The van der Waals surface area contributed by atoms with Crippen LogP contribution in [-0.2, 0) is 4.74 Å². The van der Waals surface area contributed by atoms with E-state index in [1.807, 2.05) is 24.2 Å². The predicted octanol–water partition coefficient (Wildman–Crippen LogP) is 2.36. The molecule has 0 aliphatic carbocycles. The summed E-state index contributed by atoms with van der Waals surface area (Å²) >= 11 is 0. The third-order valence-corrected chi connectivity index (χ3v) is 6.05. The third kappa shape index (κ3) is 3.32. The summed E-state index contributed by atoms with van der Waals surface area (Å²) in [4.78, 5) is 23.5. The topological polar surface area (TPSA) is 48.9 Å². The van der Waals surface area contributed by atoms with E-state index in [9.17, 15) is 4.79 Å². The van der Waals surface area contributed by atoms with E-state index in [-0.39, 0.29) is 6.09 Å². The third-order valence-electron chi connectivity index (χ3n) is 6.05. The zero-order chi connectivity index (χ0) is 17.2. The standard InChI is InChI=1S/C19H28N4O2/c1-2-25-19(24)23-16-3-4-17(23)14-18(13-16)22-11-9-21(10-12-22)15-5-7-20-8-6-15/h5-8,16-18H,2-4,9-14H2,1H3. The van der Waals surface area contributed by atoms with E-state index >= 15 is 0 Å². The SMILES string of the molecule is CCOC(=O)N1C2CCC1CC(N1CCN(c3ccncc3)CC1)C2. The smallest absolute Gasteiger partial charge is 0.410 e. The van der Waals surface area contributed by atoms with Gasteiger partial charge >= 0.3 is 6.09 Å². The van der Waals surface area contributed by atoms with Crippen LogP contribution in [0.25, 0.3) is 0 Å². The van der Waals surface area contributed by atoms with Crippen LogP contribution in [0.4, 0.5) is 10.5 Å². The Hall–Kier alpha value is -1.82. The van der Waals surface area contributed by atoms with Gasteiger partial charge in [-0.25, -0.2) is 4.79 Å². The van der Waals surface area contributed by atoms with Crippen molar-refractivity contribution in [3.05, 3.63) is 24.5 Å². The number of anilines is 1. The minimum atomic E-state index is -0.101. The Morgan fingerprint density at radius 2 is 1.72 bits per heavy atom. The lowest BCUT2D eigenvalue weighted by molar-refractivity contribution is 0.0396. The molecule has 25 heavy (non-hydrogen) atoms. The fourth-order valence-corrected chi connectivity index (χ4v) is 4.84. The van der Waals surface area contributed by atoms with Gasteiger partial charge < -0.3 is 14.5 Å². The monoisotopic (exact) mass is 344 g/mol. The number of rotatable bonds is 3. The van der Waals surface area contributed by atoms with Crippen LogP contribution in [0.1, 0.15) is 32.6 Å². The average molecular weight is 344 g/mol. The minimum absolute atomic E-state index is 0.101. The number of ether oxygens (including phenoxy) is 1. The summed E-state index contributed by atoms with van der Waals surface area (Å²) in [5.41, 5.74) is 1.27. The molecule has 0 aromatic carbocycles. The number of aromatic nitrogens is 1. The number of piperazine rings is 1. The zero-order valence-corrected chi connectivity index (χ0v) is 15.0. The Bertz CT molecular complexity index is 574. The molecule has 0 N–H and O–H groups in total. The van der Waals surface area contributed by atoms with Crippen LogP contribution < -0.4 is 4.90 Å². The molecule has 1 aromatic heterocycles. The second kappa shape index (κ2) is 7.20. The molecular formula is C19H28N4O2. The Morgan fingerprint density at radius 1 is 1.08 bits per heavy atom. The number of carbonyl (C=O) groups excluding carboxylic acids is 1. The maximum atomic E-state index is 12.2. The van der Waals surface area contributed by atoms with Gasteiger partial charge in [0, 0.05) is 62.4 Å². The summed E-state index contributed by atoms with van der Waals surface area (Å²) in [6.45, 7) is 6.69. The molecule has 136 valence electrons. The van der Waals surface area contributed by atoms with E-state index in [1.54, 1.807) is 0 Å². The predicted molar refractivity (Wildman–Crippen MR) is 96.7 cm³/mol. The summed E-state index contributed by atoms with van der Waals surface area (Å²) < 4.78 is 5.27. The van der Waals surface area contributed by atoms with Crippen molar-refractivity contribution in [1.82, 2.24) is 14.8 Å². The normalized spacial score (nSPS) is 29.7. The largest absolute Gasteiger partial charge is 0.450 e. The van der Waals surface area contributed by atoms with Crippen molar-refractivity contribution in [2.45, 2.75) is 50.7 Å². The van der Waals surface area contributed by atoms with Gasteiger partial charge in [0.2, 0.25) is 0 Å². The first-order valence-electron chi connectivity index (χ1n) is 9.60. The molecule has 6 nitrogen and oxygen atoms in total. The molecule has 2 unspecified atom stereocenters. The van der Waals surface area contributed by atoms with E-state index in [0.29, 0.717) is 24.7 Å². The fraction of sp³-hybridized carbons (Fsp3) is 0.684. The number of pyridine rings is 1. The van der Waals surface area contributed by atoms with Gasteiger partial charge in [-0.05, 0) is 44.7 Å². The lowest BCUT2D eigenvalue weighted by Crippen LogP contribution is -2.56. The summed E-state index contributed by atoms with van der Waals surface area (Å²) in [6, 6.07) is 5.55. The maximum absolute atomic E-state index is 12.2. The molecule has 0 radical (unpaired) electrons. The molecule has 3 saturated heterocycles. The van der Waals surface area contributed by atoms with Crippen LogP contribution >= 0.6 is 0 Å². The van der Waals surface area contributed by atoms with Crippen LogP contribution in [0.3, 0.4) is 0 Å². The molecule has 3 fully saturated rings. The lowest BCUT2D eigenvalue weighted by atomic mass is 9.95. The van der Waals surface area contributed by atoms with E-state index in [4.69, 9.17) is 4.74 Å². The number of carbonyl (C=O) groups is 1. The highest BCUT2D eigenvalue weighted by atomic mass is 16.6. The molecule has 1 aromatic rings. The number of hydrogen-bond donors (Lipinski definition) is 0. The molecular weight excluding hydrogens is 316 g/mol. The second-order valence-electron chi connectivity index (χ2n) is 7.34. The zero-order valence-electron chi connectivity index (χ0n) is 15.0. The maximum Gasteiger partial charge on any atom is 0.410 e. The molecule has 4 heterocycles. The minimum Gasteiger partial charge on any atom is -0.450 e. The Balaban J connectivity index is 1.34. The van der Waals surface area contributed by atoms with Gasteiger partial charge in [-0.3, -0.25) is 9.88 Å². The van der Waals surface area contributed by atoms with Crippen molar-refractivity contribution in [2.24, 2.45) is 0 Å². The highest BCUT2D eigenvalue weighted by molar-refractivity contribution is 5.69. The number of hydrogen-bond acceptors (Lipinski definition) is 5. The molecule has 3 aliphatic rings. The van der Waals surface area contributed by atoms with Crippen molar-refractivity contribution in [2.75, 3.05) is 37.7 Å². The van der Waals surface area contributed by atoms with Crippen molar-refractivity contribution in [3.8, 4) is 0 Å². The van der Waals surface area contributed by atoms with Crippen LogP contribution in [-0.4, -0.2) is 71.8 Å². The first-order chi connectivity index (χ1) is 12.3. The molecule has 6 heteroatoms. The second-order valence-corrected chi connectivity index (χ2v) is 7.34. The number of piperidine rings is 1. The molecule has 3 aliphatic heterocycles. The van der Waals surface area contributed by atoms with Gasteiger partial charge in [0.1, 0.15) is 0 Å². The van der Waals surface area contributed by atoms with E-state index in [1.165, 1.54) is 5.69 Å². The summed E-state index contributed by atoms with van der Waals surface area (Å²) in [5, 5.41) is 0. The van der Waals surface area contributed by atoms with Crippen LogP contribution in [0.2, 0.25) is 0 Å². The van der Waals surface area contributed by atoms with Gasteiger partial charge in [0.15, 0.2) is 0 Å². The van der Waals surface area contributed by atoms with Gasteiger partial charge in [0.25, 0.3) is 0 Å². The first-order valence-corrected chi connectivity index (χ1v) is 9.60. The molecule has 2 bridgehead atoms. The van der Waals surface area contributed by atoms with E-state index < -0.39 is 0 Å². The Labute approximate surface area is 149 Å². The van der Waals surface area contributed by atoms with Crippen LogP contribution in [0, 0.1) is 0 Å². The summed E-state index contributed by atoms with van der Waals surface area (Å²) in [5.74, 6) is 0. The van der Waals surface area contributed by atoms with Crippen LogP contribution in [0.5, 0.6) is 0 Å². The molecule has 0 saturated carbocycles. The summed E-state index contributed by atoms with van der Waals surface area (Å²) in [7, 11) is 0. The quantitative estimate of drug-likeness (QED) is 0.842. The van der Waals surface area contributed by atoms with E-state index in [2.05, 4.69) is 26.9 Å². The number of amides is 1. The van der Waals surface area contributed by atoms with Gasteiger partial charge in [-0.1, -0.05) is 0 Å². The van der Waals surface area contributed by atoms with Gasteiger partial charge in [-0.2, -0.15) is 0 Å². The molecule has 0 spiro atoms. The van der Waals surface area contributed by atoms with Crippen molar-refractivity contribution >= 4 is 11.8 Å². The highest BCUT2D eigenvalue weighted by Gasteiger charge is 2.45. The summed E-state index contributed by atoms with van der Waals surface area (Å²) in [6.07, 6.45) is 8.11. The Kier molecular flexibility index (Phi) is 4.79. The number of nitrogens with zero attached hydrogens (tertiary/aromatic N) is 4. The van der Waals surface area contributed by atoms with Crippen molar-refractivity contribution in [3.63, 3.8) is 0 Å². The van der Waals surface area contributed by atoms with Crippen molar-refractivity contribution < 1.29 is 9.53 Å². The van der Waals surface area contributed by atoms with Gasteiger partial charge in [-0.15, -0.1) is 0 Å². The Morgan fingerprint density at radius 3 is 2.32 bits per heavy atom. The molecule has 4 rings (SSSR count). The highest BCUT2D eigenvalue weighted by Crippen LogP contribution is 2.38. The first kappa shape index (κ1) is 16.6. The fourth-order valence-electron chi connectivity index (χ4n) is 4.84. The lowest BCUT2D eigenvalue weighted by Gasteiger charge is -2.45. The van der Waals surface area contributed by atoms with Crippen molar-refractivity contribution in [1.29, 1.82) is 0 Å².